The Hall–Kier alpha value is -2.53. The zero-order chi connectivity index (χ0) is 18.6. The van der Waals surface area contributed by atoms with Crippen LogP contribution in [0.4, 0.5) is 5.69 Å². The Morgan fingerprint density at radius 1 is 1.40 bits per heavy atom. The first-order valence-corrected chi connectivity index (χ1v) is 8.52. The van der Waals surface area contributed by atoms with Gasteiger partial charge in [0.2, 0.25) is 5.91 Å². The SMILES string of the molecule is CN(C(=O)COC(=O)C[C@H]1Sc2ccccc2NC1=O)C(C)(C)C#N. The highest BCUT2D eigenvalue weighted by atomic mass is 32.2. The van der Waals surface area contributed by atoms with Gasteiger partial charge in [-0.15, -0.1) is 11.8 Å². The van der Waals surface area contributed by atoms with Crippen molar-refractivity contribution >= 4 is 35.2 Å². The van der Waals surface area contributed by atoms with Crippen molar-refractivity contribution in [3.05, 3.63) is 24.3 Å². The van der Waals surface area contributed by atoms with Crippen molar-refractivity contribution < 1.29 is 19.1 Å². The van der Waals surface area contributed by atoms with Crippen LogP contribution in [-0.4, -0.2) is 47.1 Å². The zero-order valence-electron chi connectivity index (χ0n) is 14.2. The average Bonchev–Trinajstić information content (AvgIpc) is 2.59. The number of carbonyl (C=O) groups is 3. The molecule has 25 heavy (non-hydrogen) atoms. The van der Waals surface area contributed by atoms with Crippen LogP contribution in [0.3, 0.4) is 0 Å². The molecule has 0 saturated carbocycles. The maximum absolute atomic E-state index is 12.1. The fourth-order valence-corrected chi connectivity index (χ4v) is 3.16. The topological polar surface area (TPSA) is 99.5 Å². The molecular weight excluding hydrogens is 342 g/mol. The van der Waals surface area contributed by atoms with Crippen molar-refractivity contribution in [3.63, 3.8) is 0 Å². The summed E-state index contributed by atoms with van der Waals surface area (Å²) >= 11 is 1.29. The van der Waals surface area contributed by atoms with E-state index in [1.165, 1.54) is 23.7 Å². The smallest absolute Gasteiger partial charge is 0.307 e. The first-order chi connectivity index (χ1) is 11.7. The third-order valence-electron chi connectivity index (χ3n) is 3.90. The molecule has 0 unspecified atom stereocenters. The minimum absolute atomic E-state index is 0.135. The average molecular weight is 361 g/mol. The van der Waals surface area contributed by atoms with Gasteiger partial charge in [-0.2, -0.15) is 5.26 Å². The number of hydrogen-bond acceptors (Lipinski definition) is 6. The number of carbonyl (C=O) groups excluding carboxylic acids is 3. The van der Waals surface area contributed by atoms with Crippen LogP contribution in [0.5, 0.6) is 0 Å². The van der Waals surface area contributed by atoms with Crippen molar-refractivity contribution in [2.45, 2.75) is 36.0 Å². The maximum Gasteiger partial charge on any atom is 0.307 e. The molecule has 1 heterocycles. The largest absolute Gasteiger partial charge is 0.456 e. The van der Waals surface area contributed by atoms with E-state index in [-0.39, 0.29) is 12.3 Å². The van der Waals surface area contributed by atoms with Crippen molar-refractivity contribution in [2.24, 2.45) is 0 Å². The van der Waals surface area contributed by atoms with E-state index in [4.69, 9.17) is 10.00 Å². The van der Waals surface area contributed by atoms with E-state index in [0.29, 0.717) is 0 Å². The van der Waals surface area contributed by atoms with Gasteiger partial charge in [0, 0.05) is 11.9 Å². The summed E-state index contributed by atoms with van der Waals surface area (Å²) in [6.07, 6.45) is -0.135. The van der Waals surface area contributed by atoms with Gasteiger partial charge in [-0.25, -0.2) is 0 Å². The van der Waals surface area contributed by atoms with Gasteiger partial charge in [-0.3, -0.25) is 14.4 Å². The molecule has 0 aliphatic carbocycles. The van der Waals surface area contributed by atoms with Crippen LogP contribution < -0.4 is 5.32 Å². The molecular formula is C17H19N3O4S. The van der Waals surface area contributed by atoms with E-state index in [1.807, 2.05) is 24.3 Å². The number of thioether (sulfide) groups is 1. The molecule has 0 fully saturated rings. The molecule has 2 amide bonds. The summed E-state index contributed by atoms with van der Waals surface area (Å²) in [6.45, 7) is 2.72. The highest BCUT2D eigenvalue weighted by molar-refractivity contribution is 8.01. The number of amides is 2. The molecule has 1 aliphatic heterocycles. The summed E-state index contributed by atoms with van der Waals surface area (Å²) in [4.78, 5) is 38.1. The van der Waals surface area contributed by atoms with Gasteiger partial charge < -0.3 is 15.0 Å². The van der Waals surface area contributed by atoms with Crippen LogP contribution in [0.15, 0.2) is 29.2 Å². The number of likely N-dealkylation sites (N-methyl/N-ethyl adjacent to an activating group) is 1. The number of esters is 1. The normalized spacial score (nSPS) is 16.2. The van der Waals surface area contributed by atoms with E-state index in [9.17, 15) is 14.4 Å². The van der Waals surface area contributed by atoms with Crippen molar-refractivity contribution in [1.82, 2.24) is 4.90 Å². The monoisotopic (exact) mass is 361 g/mol. The third kappa shape index (κ3) is 4.51. The molecule has 7 nitrogen and oxygen atoms in total. The summed E-state index contributed by atoms with van der Waals surface area (Å²) in [5.74, 6) is -1.38. The number of para-hydroxylation sites is 1. The number of anilines is 1. The molecule has 0 saturated heterocycles. The summed E-state index contributed by atoms with van der Waals surface area (Å²) in [5, 5.41) is 11.2. The Kier molecular flexibility index (Phi) is 5.69. The minimum Gasteiger partial charge on any atom is -0.456 e. The lowest BCUT2D eigenvalue weighted by Gasteiger charge is -2.29. The molecule has 0 aromatic heterocycles. The Morgan fingerprint density at radius 2 is 2.08 bits per heavy atom. The van der Waals surface area contributed by atoms with Crippen LogP contribution in [0.2, 0.25) is 0 Å². The molecule has 8 heteroatoms. The van der Waals surface area contributed by atoms with Gasteiger partial charge in [-0.05, 0) is 26.0 Å². The van der Waals surface area contributed by atoms with Gasteiger partial charge in [0.25, 0.3) is 5.91 Å². The highest BCUT2D eigenvalue weighted by Gasteiger charge is 2.31. The lowest BCUT2D eigenvalue weighted by atomic mass is 10.1. The van der Waals surface area contributed by atoms with Crippen LogP contribution in [0.1, 0.15) is 20.3 Å². The minimum atomic E-state index is -0.994. The number of nitriles is 1. The molecule has 1 N–H and O–H groups in total. The molecule has 132 valence electrons. The number of nitrogens with one attached hydrogen (secondary N) is 1. The molecule has 1 aromatic carbocycles. The van der Waals surface area contributed by atoms with Gasteiger partial charge >= 0.3 is 5.97 Å². The number of hydrogen-bond donors (Lipinski definition) is 1. The number of rotatable bonds is 5. The lowest BCUT2D eigenvalue weighted by Crippen LogP contribution is -2.45. The van der Waals surface area contributed by atoms with Crippen molar-refractivity contribution in [2.75, 3.05) is 19.0 Å². The van der Waals surface area contributed by atoms with Gasteiger partial charge in [0.15, 0.2) is 6.61 Å². The first kappa shape index (κ1) is 18.8. The lowest BCUT2D eigenvalue weighted by molar-refractivity contribution is -0.153. The summed E-state index contributed by atoms with van der Waals surface area (Å²) < 4.78 is 4.97. The van der Waals surface area contributed by atoms with Crippen LogP contribution >= 0.6 is 11.8 Å². The third-order valence-corrected chi connectivity index (χ3v) is 5.18. The second kappa shape index (κ2) is 7.57. The van der Waals surface area contributed by atoms with Crippen LogP contribution in [0, 0.1) is 11.3 Å². The number of ether oxygens (including phenoxy) is 1. The first-order valence-electron chi connectivity index (χ1n) is 7.64. The van der Waals surface area contributed by atoms with E-state index < -0.39 is 29.3 Å². The Bertz CT molecular complexity index is 742. The fourth-order valence-electron chi connectivity index (χ4n) is 2.06. The van der Waals surface area contributed by atoms with Crippen molar-refractivity contribution in [3.8, 4) is 6.07 Å². The van der Waals surface area contributed by atoms with E-state index in [0.717, 1.165) is 10.6 Å². The molecule has 1 atom stereocenters. The highest BCUT2D eigenvalue weighted by Crippen LogP contribution is 2.36. The number of benzene rings is 1. The van der Waals surface area contributed by atoms with Crippen LogP contribution in [0.25, 0.3) is 0 Å². The molecule has 1 aliphatic rings. The summed E-state index contributed by atoms with van der Waals surface area (Å²) in [7, 11) is 1.47. The number of fused-ring (bicyclic) bond motifs is 1. The number of nitrogens with zero attached hydrogens (tertiary/aromatic N) is 2. The van der Waals surface area contributed by atoms with E-state index >= 15 is 0 Å². The fraction of sp³-hybridized carbons (Fsp3) is 0.412. The van der Waals surface area contributed by atoms with Gasteiger partial charge in [0.1, 0.15) is 5.54 Å². The predicted molar refractivity (Wildman–Crippen MR) is 92.8 cm³/mol. The molecule has 0 radical (unpaired) electrons. The standard InChI is InChI=1S/C17H19N3O4S/c1-17(2,10-18)20(3)14(21)9-24-15(22)8-13-16(23)19-11-6-4-5-7-12(11)25-13/h4-7,13H,8-9H2,1-3H3,(H,19,23)/t13-/m1/s1. The second-order valence-electron chi connectivity index (χ2n) is 6.08. The van der Waals surface area contributed by atoms with E-state index in [1.54, 1.807) is 19.9 Å². The molecule has 2 rings (SSSR count). The molecule has 1 aromatic rings. The Balaban J connectivity index is 1.88. The predicted octanol–water partition coefficient (Wildman–Crippen LogP) is 1.79. The van der Waals surface area contributed by atoms with Gasteiger partial charge in [0.05, 0.1) is 23.4 Å². The van der Waals surface area contributed by atoms with Crippen LogP contribution in [-0.2, 0) is 19.1 Å². The van der Waals surface area contributed by atoms with Crippen molar-refractivity contribution in [1.29, 1.82) is 5.26 Å². The summed E-state index contributed by atoms with van der Waals surface area (Å²) in [5.41, 5.74) is -0.274. The zero-order valence-corrected chi connectivity index (χ0v) is 15.1. The quantitative estimate of drug-likeness (QED) is 0.803. The second-order valence-corrected chi connectivity index (χ2v) is 7.32. The van der Waals surface area contributed by atoms with Gasteiger partial charge in [-0.1, -0.05) is 12.1 Å². The maximum atomic E-state index is 12.1. The summed E-state index contributed by atoms with van der Waals surface area (Å²) in [6, 6.07) is 9.32. The van der Waals surface area contributed by atoms with E-state index in [2.05, 4.69) is 5.32 Å². The molecule has 0 spiro atoms. The Morgan fingerprint density at radius 3 is 2.76 bits per heavy atom. The molecule has 0 bridgehead atoms. The Labute approximate surface area is 150 Å².